The second-order valence-electron chi connectivity index (χ2n) is 14.4. The molecule has 51 heavy (non-hydrogen) atoms. The van der Waals surface area contributed by atoms with E-state index in [0.29, 0.717) is 0 Å². The van der Waals surface area contributed by atoms with Crippen molar-refractivity contribution in [2.75, 3.05) is 0 Å². The minimum Gasteiger partial charge on any atom is -0.0622 e. The van der Waals surface area contributed by atoms with Gasteiger partial charge in [0.1, 0.15) is 0 Å². The number of hydrogen-bond donors (Lipinski definition) is 0. The fourth-order valence-corrected chi connectivity index (χ4v) is 8.91. The first-order valence-electron chi connectivity index (χ1n) is 17.9. The number of rotatable bonds is 4. The molecule has 0 nitrogen and oxygen atoms in total. The molecule has 0 atom stereocenters. The maximum absolute atomic E-state index is 2.37. The molecule has 0 heteroatoms. The van der Waals surface area contributed by atoms with E-state index in [1.807, 2.05) is 0 Å². The second-order valence-corrected chi connectivity index (χ2v) is 14.4. The number of hydrogen-bond acceptors (Lipinski definition) is 0. The molecule has 0 N–H and O–H groups in total. The summed E-state index contributed by atoms with van der Waals surface area (Å²) in [5.41, 5.74) is 15.6. The van der Waals surface area contributed by atoms with Crippen molar-refractivity contribution in [1.82, 2.24) is 0 Å². The van der Waals surface area contributed by atoms with E-state index in [-0.39, 0.29) is 5.41 Å². The summed E-state index contributed by atoms with van der Waals surface area (Å²) in [5.74, 6) is 0. The van der Waals surface area contributed by atoms with Crippen LogP contribution in [-0.2, 0) is 5.41 Å². The summed E-state index contributed by atoms with van der Waals surface area (Å²) in [6.07, 6.45) is 0. The van der Waals surface area contributed by atoms with Crippen LogP contribution in [0.1, 0.15) is 25.0 Å². The lowest BCUT2D eigenvalue weighted by Crippen LogP contribution is -2.14. The van der Waals surface area contributed by atoms with E-state index < -0.39 is 0 Å². The highest BCUT2D eigenvalue weighted by atomic mass is 14.4. The summed E-state index contributed by atoms with van der Waals surface area (Å²) >= 11 is 0. The molecule has 0 aromatic heterocycles. The van der Waals surface area contributed by atoms with Gasteiger partial charge >= 0.3 is 0 Å². The van der Waals surface area contributed by atoms with Crippen LogP contribution >= 0.6 is 0 Å². The quantitative estimate of drug-likeness (QED) is 0.167. The average Bonchev–Trinajstić information content (AvgIpc) is 3.43. The highest BCUT2D eigenvalue weighted by Gasteiger charge is 2.37. The number of fused-ring (bicyclic) bond motifs is 7. The molecule has 240 valence electrons. The predicted molar refractivity (Wildman–Crippen MR) is 218 cm³/mol. The Morgan fingerprint density at radius 2 is 0.765 bits per heavy atom. The van der Waals surface area contributed by atoms with Gasteiger partial charge < -0.3 is 0 Å². The van der Waals surface area contributed by atoms with Crippen molar-refractivity contribution in [1.29, 1.82) is 0 Å². The van der Waals surface area contributed by atoms with Gasteiger partial charge in [0.2, 0.25) is 0 Å². The molecule has 0 aliphatic heterocycles. The summed E-state index contributed by atoms with van der Waals surface area (Å²) in [7, 11) is 0. The summed E-state index contributed by atoms with van der Waals surface area (Å²) < 4.78 is 0. The van der Waals surface area contributed by atoms with Crippen LogP contribution in [0.5, 0.6) is 0 Å². The van der Waals surface area contributed by atoms with Gasteiger partial charge in [0.05, 0.1) is 0 Å². The lowest BCUT2D eigenvalue weighted by Gasteiger charge is -2.22. The van der Waals surface area contributed by atoms with Gasteiger partial charge in [-0.25, -0.2) is 0 Å². The van der Waals surface area contributed by atoms with Crippen LogP contribution in [0.25, 0.3) is 88.0 Å². The van der Waals surface area contributed by atoms with Crippen molar-refractivity contribution in [2.45, 2.75) is 19.3 Å². The van der Waals surface area contributed by atoms with Gasteiger partial charge in [0.25, 0.3) is 0 Å². The molecular formula is C51H36. The number of benzene rings is 9. The van der Waals surface area contributed by atoms with E-state index in [2.05, 4.69) is 196 Å². The van der Waals surface area contributed by atoms with E-state index >= 15 is 0 Å². The van der Waals surface area contributed by atoms with Gasteiger partial charge in [-0.1, -0.05) is 196 Å². The predicted octanol–water partition coefficient (Wildman–Crippen LogP) is 14.1. The van der Waals surface area contributed by atoms with Gasteiger partial charge in [0.15, 0.2) is 0 Å². The molecule has 0 spiro atoms. The van der Waals surface area contributed by atoms with Crippen molar-refractivity contribution in [2.24, 2.45) is 0 Å². The topological polar surface area (TPSA) is 0 Å². The molecule has 1 aliphatic carbocycles. The van der Waals surface area contributed by atoms with Crippen LogP contribution in [0.4, 0.5) is 0 Å². The van der Waals surface area contributed by atoms with Crippen molar-refractivity contribution >= 4 is 32.3 Å². The Morgan fingerprint density at radius 3 is 1.45 bits per heavy atom. The Hall–Kier alpha value is -6.24. The maximum Gasteiger partial charge on any atom is 0.0159 e. The molecule has 0 heterocycles. The fraction of sp³-hybridized carbons (Fsp3) is 0.0588. The average molecular weight is 649 g/mol. The SMILES string of the molecule is CC1(C)c2cccc(-c3ccc(-c4c5ccccc5c(-c5ccccc5-c5ccccc5)c5ccccc45)cc3)c2-c2c1ccc1ccccc21. The lowest BCUT2D eigenvalue weighted by atomic mass is 9.81. The minimum absolute atomic E-state index is 0.0661. The summed E-state index contributed by atoms with van der Waals surface area (Å²) in [4.78, 5) is 0. The zero-order valence-electron chi connectivity index (χ0n) is 28.8. The lowest BCUT2D eigenvalue weighted by molar-refractivity contribution is 0.661. The normalized spacial score (nSPS) is 13.1. The first-order chi connectivity index (χ1) is 25.1. The molecule has 10 rings (SSSR count). The van der Waals surface area contributed by atoms with Crippen LogP contribution in [0, 0.1) is 0 Å². The Bertz CT molecular complexity index is 2740. The largest absolute Gasteiger partial charge is 0.0622 e. The van der Waals surface area contributed by atoms with E-state index in [9.17, 15) is 0 Å². The second kappa shape index (κ2) is 11.4. The first-order valence-corrected chi connectivity index (χ1v) is 17.9. The van der Waals surface area contributed by atoms with Gasteiger partial charge in [0, 0.05) is 5.41 Å². The van der Waals surface area contributed by atoms with Crippen LogP contribution in [0.15, 0.2) is 182 Å². The Balaban J connectivity index is 1.17. The van der Waals surface area contributed by atoms with E-state index in [0.717, 1.165) is 0 Å². The molecule has 0 fully saturated rings. The zero-order valence-corrected chi connectivity index (χ0v) is 28.8. The molecule has 9 aromatic rings. The first kappa shape index (κ1) is 29.7. The standard InChI is InChI=1S/C51H36/c1-51(2)45-26-14-25-39(49(45)50-38-19-7-6-17-34(38)31-32-46(50)51)35-27-29-36(30-28-35)47-41-21-10-12-23-43(41)48(44-24-13-11-22-42(44)47)40-20-9-8-18-37(40)33-15-4-3-5-16-33/h3-32H,1-2H3. The molecule has 0 saturated carbocycles. The highest BCUT2D eigenvalue weighted by molar-refractivity contribution is 6.22. The van der Waals surface area contributed by atoms with Gasteiger partial charge in [-0.2, -0.15) is 0 Å². The summed E-state index contributed by atoms with van der Waals surface area (Å²) in [5, 5.41) is 7.70. The monoisotopic (exact) mass is 648 g/mol. The van der Waals surface area contributed by atoms with E-state index in [1.54, 1.807) is 0 Å². The van der Waals surface area contributed by atoms with Crippen LogP contribution in [0.3, 0.4) is 0 Å². The molecule has 0 unspecified atom stereocenters. The molecular weight excluding hydrogens is 613 g/mol. The third kappa shape index (κ3) is 4.46. The van der Waals surface area contributed by atoms with Crippen molar-refractivity contribution < 1.29 is 0 Å². The molecule has 0 radical (unpaired) electrons. The minimum atomic E-state index is -0.0661. The highest BCUT2D eigenvalue weighted by Crippen LogP contribution is 2.54. The molecule has 9 aromatic carbocycles. The van der Waals surface area contributed by atoms with Gasteiger partial charge in [-0.05, 0) is 99.1 Å². The third-order valence-electron chi connectivity index (χ3n) is 11.3. The Labute approximate surface area is 299 Å². The Kier molecular flexibility index (Phi) is 6.63. The zero-order chi connectivity index (χ0) is 34.1. The molecule has 0 bridgehead atoms. The van der Waals surface area contributed by atoms with Crippen LogP contribution in [0.2, 0.25) is 0 Å². The molecule has 1 aliphatic rings. The summed E-state index contributed by atoms with van der Waals surface area (Å²) in [6, 6.07) is 67.2. The summed E-state index contributed by atoms with van der Waals surface area (Å²) in [6.45, 7) is 4.74. The van der Waals surface area contributed by atoms with E-state index in [4.69, 9.17) is 0 Å². The smallest absolute Gasteiger partial charge is 0.0159 e. The molecule has 0 amide bonds. The maximum atomic E-state index is 2.37. The Morgan fingerprint density at radius 1 is 0.275 bits per heavy atom. The third-order valence-corrected chi connectivity index (χ3v) is 11.3. The van der Waals surface area contributed by atoms with Crippen LogP contribution < -0.4 is 0 Å². The van der Waals surface area contributed by atoms with Crippen LogP contribution in [-0.4, -0.2) is 0 Å². The van der Waals surface area contributed by atoms with Gasteiger partial charge in [-0.3, -0.25) is 0 Å². The van der Waals surface area contributed by atoms with Crippen molar-refractivity contribution in [3.63, 3.8) is 0 Å². The fourth-order valence-electron chi connectivity index (χ4n) is 8.91. The van der Waals surface area contributed by atoms with Crippen molar-refractivity contribution in [3.05, 3.63) is 193 Å². The van der Waals surface area contributed by atoms with E-state index in [1.165, 1.54) is 99.1 Å². The molecule has 0 saturated heterocycles. The van der Waals surface area contributed by atoms with Gasteiger partial charge in [-0.15, -0.1) is 0 Å². The van der Waals surface area contributed by atoms with Crippen molar-refractivity contribution in [3.8, 4) is 55.6 Å².